The third-order valence-corrected chi connectivity index (χ3v) is 4.65. The molecule has 0 saturated heterocycles. The molecule has 4 N–H and O–H groups in total. The number of carbonyl (C=O) groups excluding carboxylic acids is 1. The Morgan fingerprint density at radius 2 is 2.09 bits per heavy atom. The third kappa shape index (κ3) is 5.38. The van der Waals surface area contributed by atoms with Crippen LogP contribution in [0.3, 0.4) is 0 Å². The molecule has 0 aromatic heterocycles. The Morgan fingerprint density at radius 1 is 1.41 bits per heavy atom. The Balaban J connectivity index is 2.88. The molecular formula is C14H23N3O4S. The Morgan fingerprint density at radius 3 is 2.68 bits per heavy atom. The number of methoxy groups -OCH3 is 1. The van der Waals surface area contributed by atoms with Gasteiger partial charge in [0, 0.05) is 18.8 Å². The van der Waals surface area contributed by atoms with Crippen molar-refractivity contribution in [3.8, 4) is 0 Å². The third-order valence-electron chi connectivity index (χ3n) is 3.06. The summed E-state index contributed by atoms with van der Waals surface area (Å²) in [7, 11) is -2.17. The smallest absolute Gasteiger partial charge is 0.243 e. The lowest BCUT2D eigenvalue weighted by Gasteiger charge is -2.14. The lowest BCUT2D eigenvalue weighted by Crippen LogP contribution is -2.39. The molecule has 124 valence electrons. The molecule has 0 saturated carbocycles. The second-order valence-corrected chi connectivity index (χ2v) is 6.72. The number of amides is 1. The summed E-state index contributed by atoms with van der Waals surface area (Å²) in [5, 5.41) is 2.57. The first-order valence-corrected chi connectivity index (χ1v) is 8.46. The van der Waals surface area contributed by atoms with E-state index in [9.17, 15) is 13.2 Å². The van der Waals surface area contributed by atoms with Crippen LogP contribution >= 0.6 is 0 Å². The van der Waals surface area contributed by atoms with E-state index in [-0.39, 0.29) is 17.5 Å². The SMILES string of the molecule is CCC(C)NS(=O)(=O)c1cccc(NC(=O)C(N)COC)c1. The average molecular weight is 329 g/mol. The summed E-state index contributed by atoms with van der Waals surface area (Å²) >= 11 is 0. The molecule has 0 aliphatic rings. The average Bonchev–Trinajstić information content (AvgIpc) is 2.47. The number of carbonyl (C=O) groups is 1. The molecular weight excluding hydrogens is 306 g/mol. The number of nitrogens with two attached hydrogens (primary N) is 1. The van der Waals surface area contributed by atoms with E-state index in [0.717, 1.165) is 0 Å². The van der Waals surface area contributed by atoms with E-state index in [2.05, 4.69) is 10.0 Å². The number of nitrogens with one attached hydrogen (secondary N) is 2. The number of hydrogen-bond acceptors (Lipinski definition) is 5. The van der Waals surface area contributed by atoms with Gasteiger partial charge in [-0.2, -0.15) is 0 Å². The van der Waals surface area contributed by atoms with Crippen molar-refractivity contribution in [2.45, 2.75) is 37.2 Å². The molecule has 1 amide bonds. The van der Waals surface area contributed by atoms with E-state index in [0.29, 0.717) is 12.1 Å². The molecule has 8 heteroatoms. The van der Waals surface area contributed by atoms with Gasteiger partial charge in [-0.1, -0.05) is 13.0 Å². The van der Waals surface area contributed by atoms with Crippen LogP contribution in [0.2, 0.25) is 0 Å². The lowest BCUT2D eigenvalue weighted by molar-refractivity contribution is -0.118. The molecule has 0 spiro atoms. The molecule has 2 unspecified atom stereocenters. The highest BCUT2D eigenvalue weighted by atomic mass is 32.2. The van der Waals surface area contributed by atoms with Crippen LogP contribution in [0.25, 0.3) is 0 Å². The summed E-state index contributed by atoms with van der Waals surface area (Å²) in [6, 6.07) is 5.03. The maximum Gasteiger partial charge on any atom is 0.243 e. The van der Waals surface area contributed by atoms with Crippen molar-refractivity contribution in [3.05, 3.63) is 24.3 Å². The van der Waals surface area contributed by atoms with Crippen molar-refractivity contribution in [2.75, 3.05) is 19.0 Å². The van der Waals surface area contributed by atoms with E-state index in [4.69, 9.17) is 10.5 Å². The summed E-state index contributed by atoms with van der Waals surface area (Å²) in [5.74, 6) is -0.439. The highest BCUT2D eigenvalue weighted by Gasteiger charge is 2.18. The maximum absolute atomic E-state index is 12.2. The van der Waals surface area contributed by atoms with Crippen LogP contribution in [0, 0.1) is 0 Å². The van der Waals surface area contributed by atoms with E-state index in [1.807, 2.05) is 6.92 Å². The summed E-state index contributed by atoms with van der Waals surface area (Å²) in [5.41, 5.74) is 5.98. The first kappa shape index (κ1) is 18.6. The molecule has 1 aromatic rings. The Kier molecular flexibility index (Phi) is 6.95. The van der Waals surface area contributed by atoms with Crippen LogP contribution in [0.5, 0.6) is 0 Å². The number of ether oxygens (including phenoxy) is 1. The fourth-order valence-corrected chi connectivity index (χ4v) is 3.02. The Bertz CT molecular complexity index is 604. The van der Waals surface area contributed by atoms with Gasteiger partial charge in [-0.05, 0) is 31.5 Å². The second-order valence-electron chi connectivity index (χ2n) is 5.01. The van der Waals surface area contributed by atoms with Crippen LogP contribution < -0.4 is 15.8 Å². The highest BCUT2D eigenvalue weighted by molar-refractivity contribution is 7.89. The molecule has 0 bridgehead atoms. The lowest BCUT2D eigenvalue weighted by atomic mass is 10.2. The van der Waals surface area contributed by atoms with Crippen LogP contribution in [-0.2, 0) is 19.6 Å². The molecule has 1 rings (SSSR count). The normalized spacial score (nSPS) is 14.4. The topological polar surface area (TPSA) is 111 Å². The van der Waals surface area contributed by atoms with Gasteiger partial charge in [0.15, 0.2) is 0 Å². The highest BCUT2D eigenvalue weighted by Crippen LogP contribution is 2.16. The molecule has 0 aliphatic carbocycles. The molecule has 0 radical (unpaired) electrons. The predicted molar refractivity (Wildman–Crippen MR) is 85.0 cm³/mol. The molecule has 7 nitrogen and oxygen atoms in total. The van der Waals surface area contributed by atoms with Crippen LogP contribution in [0.4, 0.5) is 5.69 Å². The van der Waals surface area contributed by atoms with Crippen molar-refractivity contribution >= 4 is 21.6 Å². The monoisotopic (exact) mass is 329 g/mol. The van der Waals surface area contributed by atoms with Crippen molar-refractivity contribution < 1.29 is 17.9 Å². The molecule has 0 fully saturated rings. The first-order chi connectivity index (χ1) is 10.3. The van der Waals surface area contributed by atoms with Gasteiger partial charge in [0.2, 0.25) is 15.9 Å². The quantitative estimate of drug-likeness (QED) is 0.649. The van der Waals surface area contributed by atoms with Gasteiger partial charge >= 0.3 is 0 Å². The summed E-state index contributed by atoms with van der Waals surface area (Å²) in [6.45, 7) is 3.76. The largest absolute Gasteiger partial charge is 0.383 e. The fourth-order valence-electron chi connectivity index (χ4n) is 1.65. The maximum atomic E-state index is 12.2. The van der Waals surface area contributed by atoms with E-state index >= 15 is 0 Å². The minimum atomic E-state index is -3.62. The molecule has 0 aliphatic heterocycles. The number of hydrogen-bond donors (Lipinski definition) is 3. The Labute approximate surface area is 131 Å². The van der Waals surface area contributed by atoms with Gasteiger partial charge in [0.25, 0.3) is 0 Å². The van der Waals surface area contributed by atoms with Gasteiger partial charge in [0.1, 0.15) is 6.04 Å². The van der Waals surface area contributed by atoms with Crippen LogP contribution in [-0.4, -0.2) is 40.1 Å². The number of rotatable bonds is 8. The summed E-state index contributed by atoms with van der Waals surface area (Å²) < 4.78 is 31.8. The number of sulfonamides is 1. The van der Waals surface area contributed by atoms with Gasteiger partial charge < -0.3 is 15.8 Å². The molecule has 0 heterocycles. The summed E-state index contributed by atoms with van der Waals surface area (Å²) in [6.07, 6.45) is 0.682. The van der Waals surface area contributed by atoms with Gasteiger partial charge in [0.05, 0.1) is 11.5 Å². The number of benzene rings is 1. The van der Waals surface area contributed by atoms with Crippen molar-refractivity contribution in [2.24, 2.45) is 5.73 Å². The molecule has 2 atom stereocenters. The zero-order valence-electron chi connectivity index (χ0n) is 13.0. The molecule has 1 aromatic carbocycles. The second kappa shape index (κ2) is 8.23. The molecule has 22 heavy (non-hydrogen) atoms. The zero-order valence-corrected chi connectivity index (χ0v) is 13.8. The standard InChI is InChI=1S/C14H23N3O4S/c1-4-10(2)17-22(19,20)12-7-5-6-11(8-12)16-14(18)13(15)9-21-3/h5-8,10,13,17H,4,9,15H2,1-3H3,(H,16,18). The van der Waals surface area contributed by atoms with E-state index in [1.165, 1.54) is 19.2 Å². The minimum Gasteiger partial charge on any atom is -0.383 e. The predicted octanol–water partition coefficient (Wildman–Crippen LogP) is 0.676. The van der Waals surface area contributed by atoms with Gasteiger partial charge in [-0.25, -0.2) is 13.1 Å². The first-order valence-electron chi connectivity index (χ1n) is 6.98. The van der Waals surface area contributed by atoms with E-state index < -0.39 is 22.0 Å². The van der Waals surface area contributed by atoms with Crippen LogP contribution in [0.15, 0.2) is 29.2 Å². The summed E-state index contributed by atoms with van der Waals surface area (Å²) in [4.78, 5) is 11.9. The van der Waals surface area contributed by atoms with Crippen molar-refractivity contribution in [3.63, 3.8) is 0 Å². The minimum absolute atomic E-state index is 0.0827. The van der Waals surface area contributed by atoms with Crippen LogP contribution in [0.1, 0.15) is 20.3 Å². The van der Waals surface area contributed by atoms with Crippen molar-refractivity contribution in [1.82, 2.24) is 4.72 Å². The Hall–Kier alpha value is -1.48. The van der Waals surface area contributed by atoms with Crippen molar-refractivity contribution in [1.29, 1.82) is 0 Å². The van der Waals surface area contributed by atoms with E-state index in [1.54, 1.807) is 19.1 Å². The fraction of sp³-hybridized carbons (Fsp3) is 0.500. The number of anilines is 1. The van der Waals surface area contributed by atoms with Gasteiger partial charge in [-0.15, -0.1) is 0 Å². The van der Waals surface area contributed by atoms with Gasteiger partial charge in [-0.3, -0.25) is 4.79 Å². The zero-order chi connectivity index (χ0) is 16.8.